The molecule has 0 saturated carbocycles. The van der Waals surface area contributed by atoms with Crippen LogP contribution in [-0.2, 0) is 0 Å². The van der Waals surface area contributed by atoms with Gasteiger partial charge in [-0.3, -0.25) is 0 Å². The van der Waals surface area contributed by atoms with Crippen molar-refractivity contribution in [3.63, 3.8) is 0 Å². The maximum Gasteiger partial charge on any atom is 0.161 e. The van der Waals surface area contributed by atoms with Crippen molar-refractivity contribution in [3.05, 3.63) is 152 Å². The van der Waals surface area contributed by atoms with Crippen molar-refractivity contribution in [1.29, 1.82) is 0 Å². The molecule has 5 heteroatoms. The van der Waals surface area contributed by atoms with Crippen LogP contribution >= 0.6 is 11.3 Å². The van der Waals surface area contributed by atoms with Crippen molar-refractivity contribution in [2.24, 2.45) is 0 Å². The van der Waals surface area contributed by atoms with E-state index in [4.69, 9.17) is 14.4 Å². The molecule has 49 heavy (non-hydrogen) atoms. The SMILES string of the molecule is c1ccc(-c2nc(-c3cc4oc5c(-n6c7ccccc7c7ccccc76)cccc5c4c4ccccc34)nc3c2sc2ccccc23)cc1. The zero-order chi connectivity index (χ0) is 32.1. The maximum atomic E-state index is 6.96. The minimum absolute atomic E-state index is 0.691. The summed E-state index contributed by atoms with van der Waals surface area (Å²) >= 11 is 1.75. The quantitative estimate of drug-likeness (QED) is 0.192. The molecular weight excluding hydrogens is 619 g/mol. The summed E-state index contributed by atoms with van der Waals surface area (Å²) in [6.07, 6.45) is 0. The van der Waals surface area contributed by atoms with Gasteiger partial charge in [-0.05, 0) is 41.1 Å². The molecule has 0 atom stereocenters. The number of nitrogens with zero attached hydrogens (tertiary/aromatic N) is 3. The van der Waals surface area contributed by atoms with E-state index in [0.29, 0.717) is 5.82 Å². The van der Waals surface area contributed by atoms with Crippen molar-refractivity contribution in [1.82, 2.24) is 14.5 Å². The topological polar surface area (TPSA) is 43.9 Å². The Balaban J connectivity index is 1.23. The molecule has 0 bridgehead atoms. The average molecular weight is 644 g/mol. The largest absolute Gasteiger partial charge is 0.454 e. The highest BCUT2D eigenvalue weighted by Gasteiger charge is 2.22. The van der Waals surface area contributed by atoms with Crippen molar-refractivity contribution >= 4 is 86.2 Å². The normalized spacial score (nSPS) is 12.1. The van der Waals surface area contributed by atoms with E-state index >= 15 is 0 Å². The van der Waals surface area contributed by atoms with E-state index in [-0.39, 0.29) is 0 Å². The minimum atomic E-state index is 0.691. The lowest BCUT2D eigenvalue weighted by atomic mass is 9.98. The van der Waals surface area contributed by atoms with Crippen molar-refractivity contribution in [2.45, 2.75) is 0 Å². The van der Waals surface area contributed by atoms with Gasteiger partial charge in [-0.1, -0.05) is 121 Å². The molecule has 0 N–H and O–H groups in total. The number of thiophene rings is 1. The van der Waals surface area contributed by atoms with Gasteiger partial charge in [0.15, 0.2) is 11.4 Å². The van der Waals surface area contributed by atoms with Gasteiger partial charge >= 0.3 is 0 Å². The fraction of sp³-hybridized carbons (Fsp3) is 0. The van der Waals surface area contributed by atoms with Crippen molar-refractivity contribution in [2.75, 3.05) is 0 Å². The Hall–Kier alpha value is -6.30. The second-order valence-corrected chi connectivity index (χ2v) is 13.6. The third-order valence-electron chi connectivity index (χ3n) is 9.81. The highest BCUT2D eigenvalue weighted by atomic mass is 32.1. The Kier molecular flexibility index (Phi) is 5.51. The van der Waals surface area contributed by atoms with E-state index in [9.17, 15) is 0 Å². The fourth-order valence-electron chi connectivity index (χ4n) is 7.69. The van der Waals surface area contributed by atoms with Gasteiger partial charge in [-0.2, -0.15) is 0 Å². The first-order valence-electron chi connectivity index (χ1n) is 16.4. The molecule has 0 fully saturated rings. The third kappa shape index (κ3) is 3.79. The molecule has 0 radical (unpaired) electrons. The summed E-state index contributed by atoms with van der Waals surface area (Å²) in [6.45, 7) is 0. The first-order valence-corrected chi connectivity index (χ1v) is 17.2. The van der Waals surface area contributed by atoms with E-state index in [1.54, 1.807) is 11.3 Å². The molecule has 11 aromatic rings. The standard InChI is InChI=1S/C44H25N3OS/c1-2-13-26(14-3-1)40-43-41(31-19-8-11-24-38(31)49-43)46-44(45-40)33-25-37-39(30-18-5-4-15-27(30)33)32-20-12-23-36(42(32)48-37)47-34-21-9-6-16-28(34)29-17-7-10-22-35(29)47/h1-25H. The summed E-state index contributed by atoms with van der Waals surface area (Å²) in [7, 11) is 0. The van der Waals surface area contributed by atoms with Crippen LogP contribution in [0.2, 0.25) is 0 Å². The molecule has 228 valence electrons. The van der Waals surface area contributed by atoms with Crippen molar-refractivity contribution in [3.8, 4) is 28.3 Å². The Bertz CT molecular complexity index is 3060. The average Bonchev–Trinajstić information content (AvgIpc) is 3.84. The van der Waals surface area contributed by atoms with Gasteiger partial charge in [0.05, 0.1) is 32.6 Å². The van der Waals surface area contributed by atoms with Gasteiger partial charge in [0.1, 0.15) is 5.58 Å². The number of furan rings is 1. The second-order valence-electron chi connectivity index (χ2n) is 12.5. The van der Waals surface area contributed by atoms with E-state index in [0.717, 1.165) is 81.9 Å². The summed E-state index contributed by atoms with van der Waals surface area (Å²) in [4.78, 5) is 10.6. The predicted molar refractivity (Wildman–Crippen MR) is 205 cm³/mol. The van der Waals surface area contributed by atoms with Gasteiger partial charge in [0.25, 0.3) is 0 Å². The van der Waals surface area contributed by atoms with Crippen LogP contribution in [0.15, 0.2) is 156 Å². The Morgan fingerprint density at radius 1 is 0.531 bits per heavy atom. The molecule has 4 heterocycles. The van der Waals surface area contributed by atoms with Gasteiger partial charge < -0.3 is 8.98 Å². The number of rotatable bonds is 3. The van der Waals surface area contributed by atoms with Crippen LogP contribution in [-0.4, -0.2) is 14.5 Å². The molecule has 0 aliphatic rings. The van der Waals surface area contributed by atoms with Gasteiger partial charge in [0, 0.05) is 42.8 Å². The monoisotopic (exact) mass is 643 g/mol. The zero-order valence-corrected chi connectivity index (χ0v) is 26.9. The Morgan fingerprint density at radius 3 is 1.94 bits per heavy atom. The molecular formula is C44H25N3OS. The van der Waals surface area contributed by atoms with Crippen LogP contribution in [0, 0.1) is 0 Å². The number of hydrogen-bond donors (Lipinski definition) is 0. The summed E-state index contributed by atoms with van der Waals surface area (Å²) in [5, 5.41) is 7.99. The molecule has 0 spiro atoms. The fourth-order valence-corrected chi connectivity index (χ4v) is 8.85. The van der Waals surface area contributed by atoms with Crippen LogP contribution in [0.5, 0.6) is 0 Å². The van der Waals surface area contributed by atoms with Crippen LogP contribution in [0.25, 0.3) is 103 Å². The molecule has 7 aromatic carbocycles. The van der Waals surface area contributed by atoms with E-state index in [1.807, 2.05) is 6.07 Å². The van der Waals surface area contributed by atoms with Crippen LogP contribution in [0.1, 0.15) is 0 Å². The molecule has 0 aliphatic heterocycles. The number of hydrogen-bond acceptors (Lipinski definition) is 4. The first kappa shape index (κ1) is 26.7. The minimum Gasteiger partial charge on any atom is -0.454 e. The lowest BCUT2D eigenvalue weighted by molar-refractivity contribution is 0.666. The summed E-state index contributed by atoms with van der Waals surface area (Å²) in [5.74, 6) is 0.691. The summed E-state index contributed by atoms with van der Waals surface area (Å²) < 4.78 is 11.6. The van der Waals surface area contributed by atoms with Crippen LogP contribution in [0.4, 0.5) is 0 Å². The van der Waals surface area contributed by atoms with Crippen LogP contribution in [0.3, 0.4) is 0 Å². The van der Waals surface area contributed by atoms with Gasteiger partial charge in [0.2, 0.25) is 0 Å². The highest BCUT2D eigenvalue weighted by molar-refractivity contribution is 7.26. The third-order valence-corrected chi connectivity index (χ3v) is 11.0. The number of benzene rings is 7. The lowest BCUT2D eigenvalue weighted by Crippen LogP contribution is -1.94. The van der Waals surface area contributed by atoms with E-state index in [1.165, 1.54) is 15.5 Å². The molecule has 4 nitrogen and oxygen atoms in total. The summed E-state index contributed by atoms with van der Waals surface area (Å²) in [5.41, 5.74) is 8.96. The van der Waals surface area contributed by atoms with Crippen LogP contribution < -0.4 is 0 Å². The smallest absolute Gasteiger partial charge is 0.161 e. The Labute approximate surface area is 284 Å². The van der Waals surface area contributed by atoms with Gasteiger partial charge in [-0.25, -0.2) is 9.97 Å². The van der Waals surface area contributed by atoms with Crippen molar-refractivity contribution < 1.29 is 4.42 Å². The van der Waals surface area contributed by atoms with Gasteiger partial charge in [-0.15, -0.1) is 11.3 Å². The lowest BCUT2D eigenvalue weighted by Gasteiger charge is -2.10. The number of para-hydroxylation sites is 3. The summed E-state index contributed by atoms with van der Waals surface area (Å²) in [6, 6.07) is 53.4. The van der Waals surface area contributed by atoms with E-state index < -0.39 is 0 Å². The molecule has 0 aliphatic carbocycles. The molecule has 11 rings (SSSR count). The number of aromatic nitrogens is 3. The second kappa shape index (κ2) is 10.1. The number of fused-ring (bicyclic) bond motifs is 11. The molecule has 4 aromatic heterocycles. The highest BCUT2D eigenvalue weighted by Crippen LogP contribution is 2.44. The maximum absolute atomic E-state index is 6.96. The Morgan fingerprint density at radius 2 is 1.16 bits per heavy atom. The molecule has 0 amide bonds. The van der Waals surface area contributed by atoms with E-state index in [2.05, 4.69) is 150 Å². The molecule has 0 saturated heterocycles. The first-order chi connectivity index (χ1) is 24.3. The molecule has 0 unspecified atom stereocenters. The zero-order valence-electron chi connectivity index (χ0n) is 26.1. The predicted octanol–water partition coefficient (Wildman–Crippen LogP) is 12.3.